The molecule has 0 atom stereocenters. The molecule has 3 rings (SSSR count). The lowest BCUT2D eigenvalue weighted by molar-refractivity contribution is -0.119. The molecule has 1 aromatic carbocycles. The lowest BCUT2D eigenvalue weighted by Crippen LogP contribution is -2.35. The summed E-state index contributed by atoms with van der Waals surface area (Å²) in [6, 6.07) is 10.0. The molecule has 1 aliphatic rings. The summed E-state index contributed by atoms with van der Waals surface area (Å²) in [5.74, 6) is 1.66. The number of aromatic nitrogens is 2. The van der Waals surface area contributed by atoms with Gasteiger partial charge in [0.2, 0.25) is 5.91 Å². The van der Waals surface area contributed by atoms with Gasteiger partial charge in [0.1, 0.15) is 12.4 Å². The van der Waals surface area contributed by atoms with Gasteiger partial charge in [0, 0.05) is 44.1 Å². The first kappa shape index (κ1) is 17.4. The quantitative estimate of drug-likeness (QED) is 0.875. The van der Waals surface area contributed by atoms with Gasteiger partial charge in [-0.05, 0) is 37.5 Å². The topological polar surface area (TPSA) is 67.3 Å². The molecule has 0 spiro atoms. The summed E-state index contributed by atoms with van der Waals surface area (Å²) < 4.78 is 5.10. The molecule has 1 amide bonds. The van der Waals surface area contributed by atoms with E-state index in [1.807, 2.05) is 30.0 Å². The summed E-state index contributed by atoms with van der Waals surface area (Å²) >= 11 is 0. The number of nitrogens with one attached hydrogen (secondary N) is 1. The Labute approximate surface area is 148 Å². The monoisotopic (exact) mass is 340 g/mol. The highest BCUT2D eigenvalue weighted by Gasteiger charge is 2.19. The number of anilines is 2. The van der Waals surface area contributed by atoms with Crippen molar-refractivity contribution in [3.63, 3.8) is 0 Å². The Kier molecular flexibility index (Phi) is 5.60. The number of nitrogens with zero attached hydrogens (tertiary/aromatic N) is 3. The Bertz CT molecular complexity index is 748. The van der Waals surface area contributed by atoms with Crippen molar-refractivity contribution in [2.75, 3.05) is 23.9 Å². The van der Waals surface area contributed by atoms with Gasteiger partial charge in [0.05, 0.1) is 0 Å². The fraction of sp³-hybridized carbons (Fsp3) is 0.421. The molecule has 1 saturated heterocycles. The lowest BCUT2D eigenvalue weighted by atomic mass is 10.1. The van der Waals surface area contributed by atoms with E-state index in [9.17, 15) is 4.79 Å². The summed E-state index contributed by atoms with van der Waals surface area (Å²) in [4.78, 5) is 22.8. The standard InChI is InChI=1S/C19H24N4O2/c1-14-10-17(22-18(21-14)13-25-2)20-12-15-6-5-7-16(11-15)23-9-4-3-8-19(23)24/h5-7,10-11H,3-4,8-9,12-13H2,1-2H3,(H,20,21,22). The predicted octanol–water partition coefficient (Wildman–Crippen LogP) is 3.06. The molecule has 0 bridgehead atoms. The Morgan fingerprint density at radius 1 is 1.24 bits per heavy atom. The summed E-state index contributed by atoms with van der Waals surface area (Å²) in [7, 11) is 1.63. The molecule has 132 valence electrons. The van der Waals surface area contributed by atoms with Crippen LogP contribution < -0.4 is 10.2 Å². The van der Waals surface area contributed by atoms with Crippen molar-refractivity contribution >= 4 is 17.4 Å². The van der Waals surface area contributed by atoms with Crippen LogP contribution in [0.25, 0.3) is 0 Å². The van der Waals surface area contributed by atoms with Gasteiger partial charge in [-0.2, -0.15) is 0 Å². The third-order valence-corrected chi connectivity index (χ3v) is 4.19. The molecule has 25 heavy (non-hydrogen) atoms. The van der Waals surface area contributed by atoms with Crippen LogP contribution in [0.3, 0.4) is 0 Å². The Hall–Kier alpha value is -2.47. The maximum absolute atomic E-state index is 12.1. The number of amides is 1. The van der Waals surface area contributed by atoms with Gasteiger partial charge < -0.3 is 15.0 Å². The van der Waals surface area contributed by atoms with Crippen LogP contribution in [-0.2, 0) is 22.7 Å². The zero-order valence-electron chi connectivity index (χ0n) is 14.8. The molecule has 0 saturated carbocycles. The fourth-order valence-electron chi connectivity index (χ4n) is 3.02. The van der Waals surface area contributed by atoms with Gasteiger partial charge in [-0.25, -0.2) is 9.97 Å². The second-order valence-electron chi connectivity index (χ2n) is 6.27. The van der Waals surface area contributed by atoms with Crippen molar-refractivity contribution in [2.24, 2.45) is 0 Å². The summed E-state index contributed by atoms with van der Waals surface area (Å²) in [6.45, 7) is 3.78. The van der Waals surface area contributed by atoms with Gasteiger partial charge in [-0.3, -0.25) is 4.79 Å². The minimum Gasteiger partial charge on any atom is -0.377 e. The lowest BCUT2D eigenvalue weighted by Gasteiger charge is -2.27. The van der Waals surface area contributed by atoms with E-state index in [0.717, 1.165) is 42.1 Å². The Morgan fingerprint density at radius 2 is 2.12 bits per heavy atom. The molecule has 1 aromatic heterocycles. The zero-order chi connectivity index (χ0) is 17.6. The van der Waals surface area contributed by atoms with Gasteiger partial charge in [0.15, 0.2) is 5.82 Å². The van der Waals surface area contributed by atoms with E-state index in [1.54, 1.807) is 7.11 Å². The van der Waals surface area contributed by atoms with E-state index < -0.39 is 0 Å². The summed E-state index contributed by atoms with van der Waals surface area (Å²) in [5, 5.41) is 3.33. The number of hydrogen-bond donors (Lipinski definition) is 1. The number of piperidine rings is 1. The van der Waals surface area contributed by atoms with Crippen LogP contribution in [0.5, 0.6) is 0 Å². The van der Waals surface area contributed by atoms with Crippen LogP contribution in [0.1, 0.15) is 36.3 Å². The first-order valence-corrected chi connectivity index (χ1v) is 8.62. The second kappa shape index (κ2) is 8.07. The minimum atomic E-state index is 0.215. The molecule has 0 unspecified atom stereocenters. The number of methoxy groups -OCH3 is 1. The van der Waals surface area contributed by atoms with Crippen LogP contribution >= 0.6 is 0 Å². The zero-order valence-corrected chi connectivity index (χ0v) is 14.8. The van der Waals surface area contributed by atoms with E-state index in [-0.39, 0.29) is 5.91 Å². The van der Waals surface area contributed by atoms with Crippen LogP contribution in [-0.4, -0.2) is 29.5 Å². The van der Waals surface area contributed by atoms with Crippen molar-refractivity contribution in [3.8, 4) is 0 Å². The minimum absolute atomic E-state index is 0.215. The molecule has 0 radical (unpaired) electrons. The number of benzene rings is 1. The average Bonchev–Trinajstić information content (AvgIpc) is 2.60. The molecular formula is C19H24N4O2. The molecule has 1 fully saturated rings. The maximum Gasteiger partial charge on any atom is 0.226 e. The van der Waals surface area contributed by atoms with Gasteiger partial charge in [0.25, 0.3) is 0 Å². The van der Waals surface area contributed by atoms with Gasteiger partial charge in [-0.15, -0.1) is 0 Å². The molecule has 1 aliphatic heterocycles. The third-order valence-electron chi connectivity index (χ3n) is 4.19. The second-order valence-corrected chi connectivity index (χ2v) is 6.27. The molecule has 6 nitrogen and oxygen atoms in total. The van der Waals surface area contributed by atoms with Crippen LogP contribution in [0, 0.1) is 6.92 Å². The fourth-order valence-corrected chi connectivity index (χ4v) is 3.02. The van der Waals surface area contributed by atoms with E-state index in [4.69, 9.17) is 4.74 Å². The van der Waals surface area contributed by atoms with E-state index in [0.29, 0.717) is 25.4 Å². The molecule has 2 aromatic rings. The van der Waals surface area contributed by atoms with Crippen molar-refractivity contribution in [3.05, 3.63) is 47.4 Å². The third kappa shape index (κ3) is 4.54. The highest BCUT2D eigenvalue weighted by molar-refractivity contribution is 5.94. The number of carbonyl (C=O) groups is 1. The van der Waals surface area contributed by atoms with Crippen LogP contribution in [0.2, 0.25) is 0 Å². The largest absolute Gasteiger partial charge is 0.377 e. The van der Waals surface area contributed by atoms with Crippen molar-refractivity contribution in [1.29, 1.82) is 0 Å². The van der Waals surface area contributed by atoms with E-state index >= 15 is 0 Å². The van der Waals surface area contributed by atoms with Crippen LogP contribution in [0.15, 0.2) is 30.3 Å². The maximum atomic E-state index is 12.1. The first-order valence-electron chi connectivity index (χ1n) is 8.62. The highest BCUT2D eigenvalue weighted by atomic mass is 16.5. The molecule has 2 heterocycles. The Morgan fingerprint density at radius 3 is 2.92 bits per heavy atom. The van der Waals surface area contributed by atoms with Crippen molar-refractivity contribution in [1.82, 2.24) is 9.97 Å². The number of carbonyl (C=O) groups excluding carboxylic acids is 1. The number of aryl methyl sites for hydroxylation is 1. The van der Waals surface area contributed by atoms with Gasteiger partial charge >= 0.3 is 0 Å². The first-order chi connectivity index (χ1) is 12.2. The van der Waals surface area contributed by atoms with E-state index in [1.165, 1.54) is 0 Å². The van der Waals surface area contributed by atoms with E-state index in [2.05, 4.69) is 27.4 Å². The van der Waals surface area contributed by atoms with Crippen molar-refractivity contribution in [2.45, 2.75) is 39.3 Å². The molecule has 1 N–H and O–H groups in total. The Balaban J connectivity index is 1.69. The van der Waals surface area contributed by atoms with Gasteiger partial charge in [-0.1, -0.05) is 12.1 Å². The summed E-state index contributed by atoms with van der Waals surface area (Å²) in [6.07, 6.45) is 2.70. The predicted molar refractivity (Wildman–Crippen MR) is 97.5 cm³/mol. The number of hydrogen-bond acceptors (Lipinski definition) is 5. The number of ether oxygens (including phenoxy) is 1. The van der Waals surface area contributed by atoms with Crippen LogP contribution in [0.4, 0.5) is 11.5 Å². The normalized spacial score (nSPS) is 14.6. The molecular weight excluding hydrogens is 316 g/mol. The molecule has 6 heteroatoms. The summed E-state index contributed by atoms with van der Waals surface area (Å²) in [5.41, 5.74) is 2.99. The number of rotatable bonds is 6. The average molecular weight is 340 g/mol. The molecule has 0 aliphatic carbocycles. The van der Waals surface area contributed by atoms with Crippen molar-refractivity contribution < 1.29 is 9.53 Å². The SMILES string of the molecule is COCc1nc(C)cc(NCc2cccc(N3CCCCC3=O)c2)n1. The highest BCUT2D eigenvalue weighted by Crippen LogP contribution is 2.22. The smallest absolute Gasteiger partial charge is 0.226 e.